The molecule has 1 saturated heterocycles. The SMILES string of the molecule is O[C@@H]1OC1CCCCCBr. The quantitative estimate of drug-likeness (QED) is 0.424. The average Bonchev–Trinajstić information content (AvgIpc) is 2.60. The van der Waals surface area contributed by atoms with Gasteiger partial charge in [-0.15, -0.1) is 0 Å². The van der Waals surface area contributed by atoms with Crippen molar-refractivity contribution in [3.8, 4) is 0 Å². The Kier molecular flexibility index (Phi) is 3.66. The van der Waals surface area contributed by atoms with Crippen molar-refractivity contribution in [1.82, 2.24) is 0 Å². The lowest BCUT2D eigenvalue weighted by Gasteiger charge is -1.93. The molecule has 1 rings (SSSR count). The first kappa shape index (κ1) is 8.50. The van der Waals surface area contributed by atoms with E-state index in [1.54, 1.807) is 0 Å². The maximum Gasteiger partial charge on any atom is 0.181 e. The average molecular weight is 209 g/mol. The smallest absolute Gasteiger partial charge is 0.181 e. The molecule has 1 fully saturated rings. The normalized spacial score (nSPS) is 30.6. The summed E-state index contributed by atoms with van der Waals surface area (Å²) in [6, 6.07) is 0. The third-order valence-corrected chi connectivity index (χ3v) is 2.24. The molecular weight excluding hydrogens is 196 g/mol. The zero-order valence-electron chi connectivity index (χ0n) is 5.92. The molecule has 3 heteroatoms. The Bertz CT molecular complexity index is 97.6. The molecule has 0 aromatic rings. The van der Waals surface area contributed by atoms with Crippen molar-refractivity contribution in [3.63, 3.8) is 0 Å². The highest BCUT2D eigenvalue weighted by Gasteiger charge is 2.35. The van der Waals surface area contributed by atoms with Crippen molar-refractivity contribution < 1.29 is 9.84 Å². The second kappa shape index (κ2) is 4.31. The first-order valence-electron chi connectivity index (χ1n) is 3.74. The van der Waals surface area contributed by atoms with E-state index in [0.29, 0.717) is 0 Å². The van der Waals surface area contributed by atoms with E-state index < -0.39 is 6.29 Å². The number of ether oxygens (including phenoxy) is 1. The van der Waals surface area contributed by atoms with E-state index in [0.717, 1.165) is 11.8 Å². The van der Waals surface area contributed by atoms with Gasteiger partial charge in [0.2, 0.25) is 0 Å². The van der Waals surface area contributed by atoms with Crippen LogP contribution in [0.25, 0.3) is 0 Å². The van der Waals surface area contributed by atoms with Gasteiger partial charge in [0.25, 0.3) is 0 Å². The van der Waals surface area contributed by atoms with E-state index in [9.17, 15) is 0 Å². The van der Waals surface area contributed by atoms with E-state index >= 15 is 0 Å². The van der Waals surface area contributed by atoms with Gasteiger partial charge in [0, 0.05) is 5.33 Å². The molecule has 0 aromatic carbocycles. The number of unbranched alkanes of at least 4 members (excludes halogenated alkanes) is 2. The zero-order chi connectivity index (χ0) is 7.40. The Morgan fingerprint density at radius 2 is 2.00 bits per heavy atom. The second-order valence-corrected chi connectivity index (χ2v) is 3.40. The Balaban J connectivity index is 1.78. The summed E-state index contributed by atoms with van der Waals surface area (Å²) in [7, 11) is 0. The highest BCUT2D eigenvalue weighted by molar-refractivity contribution is 9.09. The minimum absolute atomic E-state index is 0.162. The van der Waals surface area contributed by atoms with Crippen LogP contribution in [0.3, 0.4) is 0 Å². The van der Waals surface area contributed by atoms with Crippen LogP contribution in [0.5, 0.6) is 0 Å². The van der Waals surface area contributed by atoms with Crippen LogP contribution in [0.15, 0.2) is 0 Å². The maximum absolute atomic E-state index is 8.75. The van der Waals surface area contributed by atoms with Crippen molar-refractivity contribution >= 4 is 15.9 Å². The van der Waals surface area contributed by atoms with Gasteiger partial charge in [-0.3, -0.25) is 0 Å². The summed E-state index contributed by atoms with van der Waals surface area (Å²) in [5, 5.41) is 9.84. The van der Waals surface area contributed by atoms with Crippen LogP contribution >= 0.6 is 15.9 Å². The van der Waals surface area contributed by atoms with Crippen LogP contribution in [0, 0.1) is 0 Å². The second-order valence-electron chi connectivity index (χ2n) is 2.60. The Hall–Kier alpha value is 0.400. The fraction of sp³-hybridized carbons (Fsp3) is 1.00. The first-order chi connectivity index (χ1) is 4.84. The van der Waals surface area contributed by atoms with Gasteiger partial charge in [0.1, 0.15) is 6.10 Å². The topological polar surface area (TPSA) is 32.8 Å². The summed E-state index contributed by atoms with van der Waals surface area (Å²) < 4.78 is 4.84. The van der Waals surface area contributed by atoms with Crippen LogP contribution in [0.4, 0.5) is 0 Å². The van der Waals surface area contributed by atoms with Gasteiger partial charge < -0.3 is 9.84 Å². The number of aliphatic hydroxyl groups excluding tert-OH is 1. The lowest BCUT2D eigenvalue weighted by Crippen LogP contribution is -1.91. The van der Waals surface area contributed by atoms with Crippen LogP contribution in [-0.4, -0.2) is 22.8 Å². The highest BCUT2D eigenvalue weighted by Crippen LogP contribution is 2.24. The number of epoxide rings is 1. The number of halogens is 1. The van der Waals surface area contributed by atoms with Crippen LogP contribution < -0.4 is 0 Å². The molecule has 2 nitrogen and oxygen atoms in total. The number of aliphatic hydroxyl groups is 1. The molecule has 60 valence electrons. The van der Waals surface area contributed by atoms with E-state index in [2.05, 4.69) is 15.9 Å². The zero-order valence-corrected chi connectivity index (χ0v) is 7.51. The minimum atomic E-state index is -0.441. The molecule has 10 heavy (non-hydrogen) atoms. The van der Waals surface area contributed by atoms with Crippen molar-refractivity contribution in [3.05, 3.63) is 0 Å². The first-order valence-corrected chi connectivity index (χ1v) is 4.86. The Morgan fingerprint density at radius 3 is 2.50 bits per heavy atom. The molecule has 1 heterocycles. The molecule has 0 saturated carbocycles. The minimum Gasteiger partial charge on any atom is -0.366 e. The summed E-state index contributed by atoms with van der Waals surface area (Å²) in [5.41, 5.74) is 0. The van der Waals surface area contributed by atoms with Crippen molar-refractivity contribution in [2.24, 2.45) is 0 Å². The Morgan fingerprint density at radius 1 is 1.30 bits per heavy atom. The van der Waals surface area contributed by atoms with Crippen LogP contribution in [-0.2, 0) is 4.74 Å². The van der Waals surface area contributed by atoms with E-state index in [1.807, 2.05) is 0 Å². The van der Waals surface area contributed by atoms with Gasteiger partial charge >= 0.3 is 0 Å². The highest BCUT2D eigenvalue weighted by atomic mass is 79.9. The monoisotopic (exact) mass is 208 g/mol. The number of hydrogen-bond donors (Lipinski definition) is 1. The third-order valence-electron chi connectivity index (χ3n) is 1.68. The molecule has 0 spiro atoms. The maximum atomic E-state index is 8.75. The van der Waals surface area contributed by atoms with Crippen molar-refractivity contribution in [2.45, 2.75) is 38.1 Å². The van der Waals surface area contributed by atoms with Crippen molar-refractivity contribution in [2.75, 3.05) is 5.33 Å². The number of hydrogen-bond acceptors (Lipinski definition) is 2. The van der Waals surface area contributed by atoms with Gasteiger partial charge in [-0.2, -0.15) is 0 Å². The molecule has 0 amide bonds. The van der Waals surface area contributed by atoms with E-state index in [1.165, 1.54) is 19.3 Å². The largest absolute Gasteiger partial charge is 0.366 e. The molecule has 1 aliphatic heterocycles. The van der Waals surface area contributed by atoms with Gasteiger partial charge in [-0.1, -0.05) is 28.8 Å². The molecule has 0 aromatic heterocycles. The fourth-order valence-electron chi connectivity index (χ4n) is 0.961. The lowest BCUT2D eigenvalue weighted by molar-refractivity contribution is 0.156. The third kappa shape index (κ3) is 2.99. The number of alkyl halides is 1. The summed E-state index contributed by atoms with van der Waals surface area (Å²) in [6.07, 6.45) is 4.38. The van der Waals surface area contributed by atoms with Gasteiger partial charge in [-0.05, 0) is 12.8 Å². The molecule has 0 aliphatic carbocycles. The number of rotatable bonds is 5. The predicted molar refractivity (Wildman–Crippen MR) is 43.1 cm³/mol. The fourth-order valence-corrected chi connectivity index (χ4v) is 1.36. The van der Waals surface area contributed by atoms with E-state index in [-0.39, 0.29) is 6.10 Å². The van der Waals surface area contributed by atoms with Crippen LogP contribution in [0.2, 0.25) is 0 Å². The summed E-state index contributed by atoms with van der Waals surface area (Å²) in [4.78, 5) is 0. The van der Waals surface area contributed by atoms with Crippen molar-refractivity contribution in [1.29, 1.82) is 0 Å². The van der Waals surface area contributed by atoms with Gasteiger partial charge in [0.05, 0.1) is 0 Å². The lowest BCUT2D eigenvalue weighted by atomic mass is 10.2. The van der Waals surface area contributed by atoms with Crippen LogP contribution in [0.1, 0.15) is 25.7 Å². The molecule has 0 radical (unpaired) electrons. The van der Waals surface area contributed by atoms with E-state index in [4.69, 9.17) is 9.84 Å². The molecule has 1 unspecified atom stereocenters. The summed E-state index contributed by atoms with van der Waals surface area (Å²) in [6.45, 7) is 0. The standard InChI is InChI=1S/C7H13BrO2/c8-5-3-1-2-4-6-7(9)10-6/h6-7,9H,1-5H2/t6?,7-/m1/s1. The Labute approximate surface area is 69.7 Å². The summed E-state index contributed by atoms with van der Waals surface area (Å²) in [5.74, 6) is 0. The van der Waals surface area contributed by atoms with Gasteiger partial charge in [0.15, 0.2) is 6.29 Å². The molecule has 2 atom stereocenters. The summed E-state index contributed by atoms with van der Waals surface area (Å²) >= 11 is 3.36. The molecule has 1 N–H and O–H groups in total. The molecular formula is C7H13BrO2. The molecule has 1 aliphatic rings. The predicted octanol–water partition coefficient (Wildman–Crippen LogP) is 1.66. The molecule has 0 bridgehead atoms. The van der Waals surface area contributed by atoms with Gasteiger partial charge in [-0.25, -0.2) is 0 Å².